The van der Waals surface area contributed by atoms with Crippen LogP contribution in [-0.2, 0) is 27.3 Å². The number of benzene rings is 3. The molecule has 2 aliphatic rings. The smallest absolute Gasteiger partial charge is 0.407 e. The van der Waals surface area contributed by atoms with Gasteiger partial charge >= 0.3 is 6.09 Å². The van der Waals surface area contributed by atoms with Crippen LogP contribution in [0.5, 0.6) is 11.5 Å². The Kier molecular flexibility index (Phi) is 11.9. The van der Waals surface area contributed by atoms with Crippen LogP contribution in [-0.4, -0.2) is 74.7 Å². The summed E-state index contributed by atoms with van der Waals surface area (Å²) in [4.78, 5) is 27.8. The maximum atomic E-state index is 13.7. The molecule has 1 fully saturated rings. The predicted octanol–water partition coefficient (Wildman–Crippen LogP) is 6.43. The zero-order valence-electron chi connectivity index (χ0n) is 26.4. The lowest BCUT2D eigenvalue weighted by molar-refractivity contribution is -0.118. The molecular weight excluding hydrogens is 591 g/mol. The Bertz CT molecular complexity index is 1450. The highest BCUT2D eigenvalue weighted by Gasteiger charge is 2.33. The summed E-state index contributed by atoms with van der Waals surface area (Å²) >= 11 is 0. The first kappa shape index (κ1) is 33.2. The summed E-state index contributed by atoms with van der Waals surface area (Å²) in [6.07, 6.45) is 2.84. The second-order valence-electron chi connectivity index (χ2n) is 11.7. The van der Waals surface area contributed by atoms with Crippen molar-refractivity contribution in [1.29, 1.82) is 0 Å². The minimum Gasteiger partial charge on any atom is -0.494 e. The van der Waals surface area contributed by atoms with E-state index in [-0.39, 0.29) is 36.0 Å². The maximum Gasteiger partial charge on any atom is 0.407 e. The summed E-state index contributed by atoms with van der Waals surface area (Å²) in [7, 11) is 1.66. The van der Waals surface area contributed by atoms with Crippen molar-refractivity contribution in [2.24, 2.45) is 0 Å². The lowest BCUT2D eigenvalue weighted by Gasteiger charge is -2.37. The first-order valence-electron chi connectivity index (χ1n) is 16.0. The van der Waals surface area contributed by atoms with Gasteiger partial charge in [-0.05, 0) is 79.1 Å². The third kappa shape index (κ3) is 8.76. The van der Waals surface area contributed by atoms with E-state index < -0.39 is 6.09 Å². The predicted molar refractivity (Wildman–Crippen MR) is 172 cm³/mol. The Balaban J connectivity index is 1.16. The number of carbonyl (C=O) groups excluding carboxylic acids is 1. The summed E-state index contributed by atoms with van der Waals surface area (Å²) in [6.45, 7) is 3.14. The highest BCUT2D eigenvalue weighted by Crippen LogP contribution is 2.34. The fourth-order valence-electron chi connectivity index (χ4n) is 6.08. The van der Waals surface area contributed by atoms with Crippen molar-refractivity contribution in [2.45, 2.75) is 57.2 Å². The maximum absolute atomic E-state index is 13.7. The van der Waals surface area contributed by atoms with Crippen LogP contribution in [0.4, 0.5) is 14.9 Å². The molecule has 0 spiro atoms. The molecule has 3 aromatic carbocycles. The van der Waals surface area contributed by atoms with E-state index in [1.165, 1.54) is 11.0 Å². The Morgan fingerprint density at radius 2 is 1.74 bits per heavy atom. The van der Waals surface area contributed by atoms with Crippen LogP contribution in [0.25, 0.3) is 0 Å². The van der Waals surface area contributed by atoms with Gasteiger partial charge in [0.2, 0.25) is 5.91 Å². The zero-order chi connectivity index (χ0) is 32.3. The molecule has 46 heavy (non-hydrogen) atoms. The van der Waals surface area contributed by atoms with Gasteiger partial charge in [0.1, 0.15) is 5.75 Å². The van der Waals surface area contributed by atoms with E-state index in [0.717, 1.165) is 53.8 Å². The fraction of sp³-hybridized carbons (Fsp3) is 0.444. The quantitative estimate of drug-likeness (QED) is 0.192. The normalized spacial score (nSPS) is 17.9. The molecule has 0 aliphatic carbocycles. The molecule has 1 N–H and O–H groups in total. The van der Waals surface area contributed by atoms with Gasteiger partial charge in [-0.15, -0.1) is 0 Å². The molecule has 1 saturated heterocycles. The third-order valence-electron chi connectivity index (χ3n) is 8.58. The number of piperidine rings is 1. The molecule has 2 amide bonds. The lowest BCUT2D eigenvalue weighted by atomic mass is 9.87. The number of fused-ring (bicyclic) bond motifs is 1. The number of halogens is 1. The SMILES string of the molecule is COCCCN1C(=O)CCc2ccc(COC3CN(C(=O)O)CCC3c3ccc(OCCCCOc4ccccc4F)cc3)cc21. The van der Waals surface area contributed by atoms with Crippen LogP contribution in [0.3, 0.4) is 0 Å². The highest BCUT2D eigenvalue weighted by atomic mass is 19.1. The number of methoxy groups -OCH3 is 1. The molecule has 2 unspecified atom stereocenters. The second-order valence-corrected chi connectivity index (χ2v) is 11.7. The molecule has 0 bridgehead atoms. The molecule has 10 heteroatoms. The van der Waals surface area contributed by atoms with Crippen molar-refractivity contribution in [2.75, 3.05) is 51.5 Å². The summed E-state index contributed by atoms with van der Waals surface area (Å²) in [5.74, 6) is 0.780. The van der Waals surface area contributed by atoms with Gasteiger partial charge in [0.15, 0.2) is 11.6 Å². The van der Waals surface area contributed by atoms with Gasteiger partial charge in [0.25, 0.3) is 0 Å². The van der Waals surface area contributed by atoms with Gasteiger partial charge in [-0.1, -0.05) is 36.4 Å². The van der Waals surface area contributed by atoms with E-state index in [1.807, 2.05) is 41.3 Å². The second kappa shape index (κ2) is 16.4. The van der Waals surface area contributed by atoms with Crippen molar-refractivity contribution in [1.82, 2.24) is 4.90 Å². The van der Waals surface area contributed by atoms with Crippen molar-refractivity contribution in [3.8, 4) is 11.5 Å². The molecule has 3 aromatic rings. The Morgan fingerprint density at radius 1 is 0.957 bits per heavy atom. The van der Waals surface area contributed by atoms with Gasteiger partial charge in [0, 0.05) is 44.8 Å². The summed E-state index contributed by atoms with van der Waals surface area (Å²) in [6, 6.07) is 20.4. The standard InChI is InChI=1S/C36H43FN2O7/c1-43-20-6-18-39-32-23-26(9-10-28(32)13-16-35(39)40)25-46-34-24-38(36(41)42)19-17-30(34)27-11-14-29(15-12-27)44-21-4-5-22-45-33-8-3-2-7-31(33)37/h2-3,7-12,14-15,23,30,34H,4-6,13,16-22,24-25H2,1H3,(H,41,42). The van der Waals surface area contributed by atoms with Crippen molar-refractivity contribution in [3.05, 3.63) is 89.2 Å². The first-order valence-corrected chi connectivity index (χ1v) is 16.0. The Morgan fingerprint density at radius 3 is 2.50 bits per heavy atom. The molecule has 2 atom stereocenters. The van der Waals surface area contributed by atoms with E-state index in [0.29, 0.717) is 52.4 Å². The van der Waals surface area contributed by atoms with Crippen LogP contribution in [0.15, 0.2) is 66.7 Å². The van der Waals surface area contributed by atoms with E-state index >= 15 is 0 Å². The third-order valence-corrected chi connectivity index (χ3v) is 8.58. The number of carbonyl (C=O) groups is 2. The number of ether oxygens (including phenoxy) is 4. The van der Waals surface area contributed by atoms with Gasteiger partial charge in [0.05, 0.1) is 32.5 Å². The topological polar surface area (TPSA) is 97.8 Å². The number of unbranched alkanes of at least 4 members (excludes halogenated alkanes) is 1. The number of aryl methyl sites for hydroxylation is 1. The van der Waals surface area contributed by atoms with Crippen LogP contribution in [0.2, 0.25) is 0 Å². The Labute approximate surface area is 269 Å². The number of amides is 2. The molecule has 5 rings (SSSR count). The van der Waals surface area contributed by atoms with Crippen molar-refractivity contribution in [3.63, 3.8) is 0 Å². The number of rotatable bonds is 15. The van der Waals surface area contributed by atoms with E-state index in [9.17, 15) is 19.1 Å². The molecule has 9 nitrogen and oxygen atoms in total. The van der Waals surface area contributed by atoms with Gasteiger partial charge < -0.3 is 33.9 Å². The molecule has 0 saturated carbocycles. The molecular formula is C36H43FN2O7. The van der Waals surface area contributed by atoms with Gasteiger partial charge in [-0.3, -0.25) is 4.79 Å². The van der Waals surface area contributed by atoms with Crippen LogP contribution in [0, 0.1) is 5.82 Å². The average molecular weight is 635 g/mol. The van der Waals surface area contributed by atoms with Crippen molar-refractivity contribution >= 4 is 17.7 Å². The molecule has 246 valence electrons. The number of carboxylic acid groups (broad SMARTS) is 1. The minimum atomic E-state index is -0.950. The number of para-hydroxylation sites is 1. The van der Waals surface area contributed by atoms with Gasteiger partial charge in [-0.2, -0.15) is 0 Å². The highest BCUT2D eigenvalue weighted by molar-refractivity contribution is 5.96. The number of likely N-dealkylation sites (tertiary alicyclic amines) is 1. The van der Waals surface area contributed by atoms with E-state index in [4.69, 9.17) is 18.9 Å². The monoisotopic (exact) mass is 634 g/mol. The number of hydrogen-bond donors (Lipinski definition) is 1. The Hall–Kier alpha value is -4.15. The molecule has 2 aliphatic heterocycles. The van der Waals surface area contributed by atoms with E-state index in [2.05, 4.69) is 6.07 Å². The van der Waals surface area contributed by atoms with E-state index in [1.54, 1.807) is 25.3 Å². The summed E-state index contributed by atoms with van der Waals surface area (Å²) < 4.78 is 36.7. The summed E-state index contributed by atoms with van der Waals surface area (Å²) in [5, 5.41) is 9.70. The molecule has 0 radical (unpaired) electrons. The summed E-state index contributed by atoms with van der Waals surface area (Å²) in [5.41, 5.74) is 4.08. The van der Waals surface area contributed by atoms with Crippen LogP contribution < -0.4 is 14.4 Å². The first-order chi connectivity index (χ1) is 22.4. The minimum absolute atomic E-state index is 0.0185. The number of hydrogen-bond acceptors (Lipinski definition) is 6. The van der Waals surface area contributed by atoms with Crippen LogP contribution >= 0.6 is 0 Å². The van der Waals surface area contributed by atoms with Gasteiger partial charge in [-0.25, -0.2) is 9.18 Å². The fourth-order valence-corrected chi connectivity index (χ4v) is 6.08. The molecule has 0 aromatic heterocycles. The number of nitrogens with zero attached hydrogens (tertiary/aromatic N) is 2. The largest absolute Gasteiger partial charge is 0.494 e. The molecule has 2 heterocycles. The zero-order valence-corrected chi connectivity index (χ0v) is 26.4. The van der Waals surface area contributed by atoms with Crippen molar-refractivity contribution < 1.29 is 38.0 Å². The average Bonchev–Trinajstić information content (AvgIpc) is 3.07. The lowest BCUT2D eigenvalue weighted by Crippen LogP contribution is -2.46. The number of anilines is 1. The van der Waals surface area contributed by atoms with Crippen LogP contribution in [0.1, 0.15) is 54.7 Å².